The highest BCUT2D eigenvalue weighted by Gasteiger charge is 2.45. The Morgan fingerprint density at radius 1 is 0.708 bits per heavy atom. The molecule has 3 atom stereocenters. The lowest BCUT2D eigenvalue weighted by Crippen LogP contribution is -2.54. The molecule has 3 aromatic carbocycles. The zero-order chi connectivity index (χ0) is 33.3. The number of carbonyl (C=O) groups excluding carboxylic acids is 3. The van der Waals surface area contributed by atoms with Gasteiger partial charge in [0.15, 0.2) is 0 Å². The summed E-state index contributed by atoms with van der Waals surface area (Å²) in [5, 5.41) is 3.23. The molecule has 0 saturated carbocycles. The smallest absolute Gasteiger partial charge is 0.246 e. The van der Waals surface area contributed by atoms with Crippen LogP contribution in [0, 0.1) is 5.92 Å². The Morgan fingerprint density at radius 2 is 1.25 bits per heavy atom. The number of nitrogens with one attached hydrogen (secondary N) is 1. The molecule has 6 rings (SSSR count). The van der Waals surface area contributed by atoms with Gasteiger partial charge >= 0.3 is 0 Å². The third kappa shape index (κ3) is 7.36. The number of nitrogens with zero attached hydrogens (tertiary/aromatic N) is 3. The monoisotopic (exact) mass is 648 g/mol. The van der Waals surface area contributed by atoms with E-state index >= 15 is 0 Å². The van der Waals surface area contributed by atoms with Gasteiger partial charge in [-0.15, -0.1) is 0 Å². The van der Waals surface area contributed by atoms with Crippen LogP contribution in [-0.4, -0.2) is 83.8 Å². The van der Waals surface area contributed by atoms with E-state index in [4.69, 9.17) is 0 Å². The van der Waals surface area contributed by atoms with E-state index in [1.165, 1.54) is 19.3 Å². The van der Waals surface area contributed by atoms with Gasteiger partial charge in [0.25, 0.3) is 0 Å². The summed E-state index contributed by atoms with van der Waals surface area (Å²) in [7, 11) is 0. The Labute approximate surface area is 286 Å². The third-order valence-electron chi connectivity index (χ3n) is 10.9. The van der Waals surface area contributed by atoms with E-state index in [1.54, 1.807) is 4.90 Å². The van der Waals surface area contributed by atoms with Gasteiger partial charge in [0.05, 0.1) is 5.41 Å². The van der Waals surface area contributed by atoms with Gasteiger partial charge < -0.3 is 20.0 Å². The van der Waals surface area contributed by atoms with Crippen molar-refractivity contribution in [2.24, 2.45) is 5.92 Å². The van der Waals surface area contributed by atoms with Gasteiger partial charge in [0.2, 0.25) is 17.7 Å². The summed E-state index contributed by atoms with van der Waals surface area (Å²) in [4.78, 5) is 48.5. The summed E-state index contributed by atoms with van der Waals surface area (Å²) >= 11 is 0. The lowest BCUT2D eigenvalue weighted by molar-refractivity contribution is -0.146. The first-order valence-corrected chi connectivity index (χ1v) is 18.3. The van der Waals surface area contributed by atoms with Crippen molar-refractivity contribution in [3.63, 3.8) is 0 Å². The molecule has 7 heteroatoms. The SMILES string of the molecule is CCCCN1CCC[C@H](CNC(=O)C2CCCN2C(=O)[C@@H]2CCCN2C(=O)CC(c2ccccc2)(c2ccccc2)c2ccccc2)C1. The first kappa shape index (κ1) is 33.9. The van der Waals surface area contributed by atoms with Gasteiger partial charge in [-0.25, -0.2) is 0 Å². The van der Waals surface area contributed by atoms with Gasteiger partial charge in [0, 0.05) is 32.6 Å². The molecule has 0 aliphatic carbocycles. The van der Waals surface area contributed by atoms with E-state index in [9.17, 15) is 14.4 Å². The molecule has 3 aromatic rings. The second-order valence-electron chi connectivity index (χ2n) is 14.0. The Morgan fingerprint density at radius 3 is 1.83 bits per heavy atom. The largest absolute Gasteiger partial charge is 0.354 e. The average Bonchev–Trinajstić information content (AvgIpc) is 3.84. The molecule has 3 aliphatic heterocycles. The predicted molar refractivity (Wildman–Crippen MR) is 190 cm³/mol. The molecule has 3 fully saturated rings. The van der Waals surface area contributed by atoms with Crippen molar-refractivity contribution in [3.05, 3.63) is 108 Å². The molecule has 0 spiro atoms. The number of likely N-dealkylation sites (tertiary alicyclic amines) is 3. The van der Waals surface area contributed by atoms with Crippen molar-refractivity contribution in [2.45, 2.75) is 82.2 Å². The van der Waals surface area contributed by atoms with Crippen LogP contribution in [-0.2, 0) is 19.8 Å². The standard InChI is InChI=1S/C41H52N4O3/c1-2-3-25-43-26-13-16-32(31-43)30-42-39(47)36-23-14-28-45(36)40(48)37-24-15-27-44(37)38(46)29-41(33-17-7-4-8-18-33,34-19-9-5-10-20-34)35-21-11-6-12-22-35/h4-12,17-22,32,36-37H,2-3,13-16,23-31H2,1H3,(H,42,47)/t32-,36?,37+/m1/s1. The van der Waals surface area contributed by atoms with E-state index < -0.39 is 17.5 Å². The summed E-state index contributed by atoms with van der Waals surface area (Å²) in [6, 6.07) is 29.8. The number of hydrogen-bond acceptors (Lipinski definition) is 4. The maximum Gasteiger partial charge on any atom is 0.246 e. The minimum Gasteiger partial charge on any atom is -0.354 e. The van der Waals surface area contributed by atoms with E-state index in [-0.39, 0.29) is 24.1 Å². The van der Waals surface area contributed by atoms with Crippen LogP contribution in [0.15, 0.2) is 91.0 Å². The first-order valence-electron chi connectivity index (χ1n) is 18.3. The van der Waals surface area contributed by atoms with Crippen LogP contribution in [0.2, 0.25) is 0 Å². The van der Waals surface area contributed by atoms with E-state index in [1.807, 2.05) is 59.5 Å². The molecule has 1 unspecified atom stereocenters. The molecule has 7 nitrogen and oxygen atoms in total. The second-order valence-corrected chi connectivity index (χ2v) is 14.0. The van der Waals surface area contributed by atoms with Gasteiger partial charge in [0.1, 0.15) is 12.1 Å². The fraction of sp³-hybridized carbons (Fsp3) is 0.488. The quantitative estimate of drug-likeness (QED) is 0.244. The molecule has 1 N–H and O–H groups in total. The van der Waals surface area contributed by atoms with Crippen LogP contribution >= 0.6 is 0 Å². The van der Waals surface area contributed by atoms with Crippen molar-refractivity contribution in [1.82, 2.24) is 20.0 Å². The zero-order valence-corrected chi connectivity index (χ0v) is 28.6. The fourth-order valence-electron chi connectivity index (χ4n) is 8.38. The molecule has 3 heterocycles. The molecule has 3 saturated heterocycles. The van der Waals surface area contributed by atoms with Crippen LogP contribution in [0.4, 0.5) is 0 Å². The zero-order valence-electron chi connectivity index (χ0n) is 28.6. The van der Waals surface area contributed by atoms with Crippen molar-refractivity contribution < 1.29 is 14.4 Å². The minimum absolute atomic E-state index is 0.0347. The Bertz CT molecular complexity index is 1400. The third-order valence-corrected chi connectivity index (χ3v) is 10.9. The molecule has 0 radical (unpaired) electrons. The average molecular weight is 649 g/mol. The topological polar surface area (TPSA) is 73.0 Å². The maximum absolute atomic E-state index is 14.6. The Hall–Kier alpha value is -3.97. The molecular weight excluding hydrogens is 596 g/mol. The summed E-state index contributed by atoms with van der Waals surface area (Å²) in [5.41, 5.74) is 2.40. The highest BCUT2D eigenvalue weighted by atomic mass is 16.2. The van der Waals surface area contributed by atoms with Gasteiger partial charge in [-0.2, -0.15) is 0 Å². The number of piperidine rings is 1. The van der Waals surface area contributed by atoms with Crippen LogP contribution in [0.5, 0.6) is 0 Å². The van der Waals surface area contributed by atoms with E-state index in [2.05, 4.69) is 53.5 Å². The fourth-order valence-corrected chi connectivity index (χ4v) is 8.38. The van der Waals surface area contributed by atoms with Crippen molar-refractivity contribution in [1.29, 1.82) is 0 Å². The number of unbranched alkanes of at least 4 members (excludes halogenated alkanes) is 1. The molecule has 3 amide bonds. The Kier molecular flexibility index (Phi) is 11.3. The van der Waals surface area contributed by atoms with Gasteiger partial charge in [-0.05, 0) is 80.6 Å². The van der Waals surface area contributed by atoms with Crippen LogP contribution in [0.3, 0.4) is 0 Å². The van der Waals surface area contributed by atoms with Gasteiger partial charge in [-0.3, -0.25) is 14.4 Å². The molecule has 3 aliphatic rings. The predicted octanol–water partition coefficient (Wildman–Crippen LogP) is 6.02. The molecule has 48 heavy (non-hydrogen) atoms. The minimum atomic E-state index is -0.724. The summed E-state index contributed by atoms with van der Waals surface area (Å²) in [6.07, 6.45) is 7.79. The van der Waals surface area contributed by atoms with Gasteiger partial charge in [-0.1, -0.05) is 104 Å². The number of rotatable bonds is 12. The molecule has 0 bridgehead atoms. The number of benzene rings is 3. The van der Waals surface area contributed by atoms with Crippen molar-refractivity contribution >= 4 is 17.7 Å². The normalized spacial score (nSPS) is 21.7. The highest BCUT2D eigenvalue weighted by molar-refractivity contribution is 5.93. The number of hydrogen-bond donors (Lipinski definition) is 1. The van der Waals surface area contributed by atoms with Crippen LogP contribution < -0.4 is 5.32 Å². The van der Waals surface area contributed by atoms with Crippen molar-refractivity contribution in [2.75, 3.05) is 39.3 Å². The number of amides is 3. The number of carbonyl (C=O) groups is 3. The summed E-state index contributed by atoms with van der Waals surface area (Å²) < 4.78 is 0. The summed E-state index contributed by atoms with van der Waals surface area (Å²) in [5.74, 6) is 0.296. The van der Waals surface area contributed by atoms with Crippen LogP contribution in [0.25, 0.3) is 0 Å². The maximum atomic E-state index is 14.6. The van der Waals surface area contributed by atoms with Crippen molar-refractivity contribution in [3.8, 4) is 0 Å². The molecule has 0 aromatic heterocycles. The summed E-state index contributed by atoms with van der Waals surface area (Å²) in [6.45, 7) is 7.30. The van der Waals surface area contributed by atoms with E-state index in [0.717, 1.165) is 55.6 Å². The highest BCUT2D eigenvalue weighted by Crippen LogP contribution is 2.43. The van der Waals surface area contributed by atoms with Crippen LogP contribution in [0.1, 0.15) is 81.4 Å². The second kappa shape index (κ2) is 16.0. The lowest BCUT2D eigenvalue weighted by Gasteiger charge is -2.38. The molecule has 254 valence electrons. The Balaban J connectivity index is 1.18. The lowest BCUT2D eigenvalue weighted by atomic mass is 9.67. The first-order chi connectivity index (χ1) is 23.5. The van der Waals surface area contributed by atoms with E-state index in [0.29, 0.717) is 38.4 Å². The molecular formula is C41H52N4O3.